The number of imidazole rings is 1. The number of methoxy groups -OCH3 is 2. The summed E-state index contributed by atoms with van der Waals surface area (Å²) in [4.78, 5) is 19.7. The Morgan fingerprint density at radius 2 is 1.97 bits per heavy atom. The lowest BCUT2D eigenvalue weighted by Gasteiger charge is -2.11. The van der Waals surface area contributed by atoms with Crippen molar-refractivity contribution in [3.63, 3.8) is 0 Å². The molecule has 7 nitrogen and oxygen atoms in total. The zero-order valence-corrected chi connectivity index (χ0v) is 18.3. The Kier molecular flexibility index (Phi) is 5.52. The van der Waals surface area contributed by atoms with Crippen LogP contribution in [-0.4, -0.2) is 34.7 Å². The molecule has 0 aliphatic rings. The first-order chi connectivity index (χ1) is 15.4. The van der Waals surface area contributed by atoms with Gasteiger partial charge in [-0.3, -0.25) is 0 Å². The highest BCUT2D eigenvalue weighted by atomic mass is 16.5. The molecule has 160 valence electrons. The van der Waals surface area contributed by atoms with Crippen LogP contribution in [0.15, 0.2) is 48.5 Å². The van der Waals surface area contributed by atoms with Crippen LogP contribution in [0.2, 0.25) is 0 Å². The molecule has 0 saturated heterocycles. The lowest BCUT2D eigenvalue weighted by atomic mass is 10.1. The van der Waals surface area contributed by atoms with Crippen LogP contribution in [-0.2, 0) is 4.74 Å². The maximum absolute atomic E-state index is 11.9. The predicted octanol–water partition coefficient (Wildman–Crippen LogP) is 4.83. The number of H-pyrrole nitrogens is 1. The number of hydrogen-bond donors (Lipinski definition) is 1. The minimum absolute atomic E-state index is 0.386. The number of esters is 1. The molecule has 0 atom stereocenters. The first-order valence-electron chi connectivity index (χ1n) is 9.98. The quantitative estimate of drug-likeness (QED) is 0.364. The van der Waals surface area contributed by atoms with Gasteiger partial charge in [0.2, 0.25) is 0 Å². The molecule has 0 spiro atoms. The Labute approximate surface area is 185 Å². The van der Waals surface area contributed by atoms with Gasteiger partial charge in [0, 0.05) is 23.1 Å². The van der Waals surface area contributed by atoms with Gasteiger partial charge in [-0.1, -0.05) is 6.07 Å². The van der Waals surface area contributed by atoms with E-state index in [4.69, 9.17) is 9.47 Å². The zero-order valence-electron chi connectivity index (χ0n) is 18.3. The van der Waals surface area contributed by atoms with Crippen LogP contribution in [0.5, 0.6) is 5.75 Å². The third-order valence-corrected chi connectivity index (χ3v) is 5.36. The van der Waals surface area contributed by atoms with Gasteiger partial charge in [0.25, 0.3) is 0 Å². The number of nitrogens with zero attached hydrogens (tertiary/aromatic N) is 3. The molecule has 0 saturated carbocycles. The summed E-state index contributed by atoms with van der Waals surface area (Å²) >= 11 is 0. The molecular formula is C25H22N4O3. The van der Waals surface area contributed by atoms with Gasteiger partial charge in [0.15, 0.2) is 0 Å². The maximum atomic E-state index is 11.9. The van der Waals surface area contributed by atoms with Crippen molar-refractivity contribution < 1.29 is 14.3 Å². The molecule has 7 heteroatoms. The van der Waals surface area contributed by atoms with Gasteiger partial charge in [-0.2, -0.15) is 5.26 Å². The predicted molar refractivity (Wildman–Crippen MR) is 123 cm³/mol. The minimum Gasteiger partial charge on any atom is -0.497 e. The molecule has 4 rings (SSSR count). The van der Waals surface area contributed by atoms with E-state index in [9.17, 15) is 10.1 Å². The van der Waals surface area contributed by atoms with E-state index >= 15 is 0 Å². The topological polar surface area (TPSA) is 92.9 Å². The number of nitriles is 1. The maximum Gasteiger partial charge on any atom is 0.337 e. The van der Waals surface area contributed by atoms with Crippen LogP contribution in [0, 0.1) is 25.2 Å². The van der Waals surface area contributed by atoms with Crippen molar-refractivity contribution in [2.45, 2.75) is 13.8 Å². The Bertz CT molecular complexity index is 1400. The van der Waals surface area contributed by atoms with Crippen molar-refractivity contribution >= 4 is 28.7 Å². The zero-order chi connectivity index (χ0) is 22.8. The molecule has 1 N–H and O–H groups in total. The monoisotopic (exact) mass is 426 g/mol. The molecular weight excluding hydrogens is 404 g/mol. The first kappa shape index (κ1) is 20.9. The smallest absolute Gasteiger partial charge is 0.337 e. The average molecular weight is 426 g/mol. The molecule has 32 heavy (non-hydrogen) atoms. The lowest BCUT2D eigenvalue weighted by molar-refractivity contribution is 0.0600. The summed E-state index contributed by atoms with van der Waals surface area (Å²) in [5.74, 6) is 0.823. The lowest BCUT2D eigenvalue weighted by Crippen LogP contribution is -2.04. The number of nitrogens with one attached hydrogen (secondary N) is 1. The number of aromatic nitrogens is 3. The second kappa shape index (κ2) is 8.44. The van der Waals surface area contributed by atoms with E-state index in [0.29, 0.717) is 22.7 Å². The fourth-order valence-corrected chi connectivity index (χ4v) is 3.77. The van der Waals surface area contributed by atoms with Crippen LogP contribution in [0.4, 0.5) is 0 Å². The highest BCUT2D eigenvalue weighted by Crippen LogP contribution is 2.27. The number of rotatable bonds is 5. The number of aryl methyl sites for hydroxylation is 1. The average Bonchev–Trinajstić information content (AvgIpc) is 3.36. The number of hydrogen-bond acceptors (Lipinski definition) is 5. The van der Waals surface area contributed by atoms with Crippen molar-refractivity contribution in [2.75, 3.05) is 14.2 Å². The highest BCUT2D eigenvalue weighted by molar-refractivity contribution is 5.91. The van der Waals surface area contributed by atoms with Crippen molar-refractivity contribution in [2.24, 2.45) is 0 Å². The van der Waals surface area contributed by atoms with Gasteiger partial charge in [0.05, 0.1) is 36.4 Å². The van der Waals surface area contributed by atoms with Crippen LogP contribution in [0.25, 0.3) is 28.4 Å². The van der Waals surface area contributed by atoms with E-state index < -0.39 is 0 Å². The number of allylic oxidation sites excluding steroid dienone is 1. The normalized spacial score (nSPS) is 11.4. The molecule has 0 amide bonds. The van der Waals surface area contributed by atoms with Crippen LogP contribution in [0.1, 0.15) is 33.1 Å². The molecule has 2 aromatic carbocycles. The van der Waals surface area contributed by atoms with Crippen LogP contribution in [0.3, 0.4) is 0 Å². The van der Waals surface area contributed by atoms with E-state index in [1.165, 1.54) is 7.11 Å². The molecule has 0 aliphatic heterocycles. The van der Waals surface area contributed by atoms with Crippen molar-refractivity contribution in [3.8, 4) is 17.5 Å². The molecule has 2 aromatic heterocycles. The number of benzene rings is 2. The molecule has 0 aliphatic carbocycles. The number of carbonyl (C=O) groups is 1. The van der Waals surface area contributed by atoms with Gasteiger partial charge >= 0.3 is 5.97 Å². The Balaban J connectivity index is 1.76. The van der Waals surface area contributed by atoms with Gasteiger partial charge in [-0.25, -0.2) is 9.78 Å². The van der Waals surface area contributed by atoms with Crippen LogP contribution >= 0.6 is 0 Å². The fraction of sp³-hybridized carbons (Fsp3) is 0.160. The summed E-state index contributed by atoms with van der Waals surface area (Å²) in [7, 11) is 2.97. The number of ether oxygens (including phenoxy) is 2. The SMILES string of the molecule is COC(=O)c1cccc(-n2c(C)cc(C=C(C#N)c3nc4ccc(OC)cc4[nH]3)c2C)c1. The van der Waals surface area contributed by atoms with Gasteiger partial charge in [-0.05, 0) is 61.9 Å². The van der Waals surface area contributed by atoms with E-state index in [-0.39, 0.29) is 5.97 Å². The summed E-state index contributed by atoms with van der Waals surface area (Å²) in [5, 5.41) is 9.81. The van der Waals surface area contributed by atoms with Crippen molar-refractivity contribution in [1.29, 1.82) is 5.26 Å². The third kappa shape index (κ3) is 3.74. The second-order valence-corrected chi connectivity index (χ2v) is 7.34. The van der Waals surface area contributed by atoms with Gasteiger partial charge in [0.1, 0.15) is 17.6 Å². The van der Waals surface area contributed by atoms with Crippen molar-refractivity contribution in [3.05, 3.63) is 76.9 Å². The third-order valence-electron chi connectivity index (χ3n) is 5.36. The number of aromatic amines is 1. The Morgan fingerprint density at radius 1 is 1.16 bits per heavy atom. The second-order valence-electron chi connectivity index (χ2n) is 7.34. The molecule has 0 unspecified atom stereocenters. The summed E-state index contributed by atoms with van der Waals surface area (Å²) < 4.78 is 12.1. The molecule has 0 bridgehead atoms. The minimum atomic E-state index is -0.386. The molecule has 0 fully saturated rings. The van der Waals surface area contributed by atoms with Crippen molar-refractivity contribution in [1.82, 2.24) is 14.5 Å². The molecule has 2 heterocycles. The number of carbonyl (C=O) groups excluding carboxylic acids is 1. The van der Waals surface area contributed by atoms with E-state index in [1.807, 2.05) is 60.9 Å². The summed E-state index contributed by atoms with van der Waals surface area (Å²) in [6.07, 6.45) is 1.82. The summed E-state index contributed by atoms with van der Waals surface area (Å²) in [5.41, 5.74) is 6.10. The van der Waals surface area contributed by atoms with E-state index in [1.54, 1.807) is 19.2 Å². The van der Waals surface area contributed by atoms with E-state index in [0.717, 1.165) is 33.7 Å². The largest absolute Gasteiger partial charge is 0.497 e. The first-order valence-corrected chi connectivity index (χ1v) is 9.98. The highest BCUT2D eigenvalue weighted by Gasteiger charge is 2.14. The summed E-state index contributed by atoms with van der Waals surface area (Å²) in [6.45, 7) is 3.96. The molecule has 4 aromatic rings. The molecule has 0 radical (unpaired) electrons. The van der Waals surface area contributed by atoms with E-state index in [2.05, 4.69) is 16.0 Å². The fourth-order valence-electron chi connectivity index (χ4n) is 3.77. The number of fused-ring (bicyclic) bond motifs is 1. The summed E-state index contributed by atoms with van der Waals surface area (Å²) in [6, 6.07) is 17.0. The van der Waals surface area contributed by atoms with Crippen LogP contribution < -0.4 is 4.74 Å². The van der Waals surface area contributed by atoms with Gasteiger partial charge in [-0.15, -0.1) is 0 Å². The van der Waals surface area contributed by atoms with Gasteiger partial charge < -0.3 is 19.0 Å². The Morgan fingerprint density at radius 3 is 2.69 bits per heavy atom. The standard InChI is InChI=1S/C25H22N4O3/c1-15-10-18(16(2)29(15)20-7-5-6-17(12-20)25(30)32-4)11-19(14-26)24-27-22-9-8-21(31-3)13-23(22)28-24/h5-13H,1-4H3,(H,27,28). The Hall–Kier alpha value is -4.31.